The molecule has 0 aromatic rings. The van der Waals surface area contributed by atoms with Gasteiger partial charge < -0.3 is 19.9 Å². The maximum absolute atomic E-state index is 14.0. The number of nitrogens with one attached hydrogen (secondary N) is 2. The number of rotatable bonds is 22. The van der Waals surface area contributed by atoms with Crippen molar-refractivity contribution in [3.63, 3.8) is 0 Å². The molecule has 2 amide bonds. The molecule has 0 rings (SSSR count). The minimum atomic E-state index is -3.99. The lowest BCUT2D eigenvalue weighted by Crippen LogP contribution is -2.46. The maximum Gasteiger partial charge on any atom is 0.406 e. The Morgan fingerprint density at radius 2 is 1.83 bits per heavy atom. The summed E-state index contributed by atoms with van der Waals surface area (Å²) in [6.07, 6.45) is 7.36. The molecule has 0 fully saturated rings. The lowest BCUT2D eigenvalue weighted by Gasteiger charge is -2.33. The van der Waals surface area contributed by atoms with Gasteiger partial charge in [0.25, 0.3) is 0 Å². The van der Waals surface area contributed by atoms with Gasteiger partial charge in [-0.2, -0.15) is 0 Å². The zero-order chi connectivity index (χ0) is 31.4. The number of nitrogens with zero attached hydrogens (tertiary/aromatic N) is 1. The van der Waals surface area contributed by atoms with Crippen molar-refractivity contribution in [2.24, 2.45) is 17.8 Å². The molecule has 0 bridgehead atoms. The normalized spacial score (nSPS) is 17.1. The monoisotopic (exact) mass is 605 g/mol. The van der Waals surface area contributed by atoms with E-state index >= 15 is 0 Å². The first-order valence-electron chi connectivity index (χ1n) is 14.2. The first kappa shape index (κ1) is 38.9. The molecule has 238 valence electrons. The fourth-order valence-electron chi connectivity index (χ4n) is 4.26. The summed E-state index contributed by atoms with van der Waals surface area (Å²) < 4.78 is 36.6. The molecule has 12 nitrogen and oxygen atoms in total. The third kappa shape index (κ3) is 15.1. The average Bonchev–Trinajstić information content (AvgIpc) is 2.92. The number of methoxy groups -OCH3 is 1. The smallest absolute Gasteiger partial charge is 0.406 e. The molecular formula is C28H52N3O9P. The van der Waals surface area contributed by atoms with Crippen LogP contribution in [-0.4, -0.2) is 80.6 Å². The first-order valence-corrected chi connectivity index (χ1v) is 15.7. The Morgan fingerprint density at radius 1 is 1.15 bits per heavy atom. The first-order chi connectivity index (χ1) is 19.4. The fraction of sp³-hybridized carbons (Fsp3) is 0.750. The molecular weight excluding hydrogens is 553 g/mol. The van der Waals surface area contributed by atoms with Crippen LogP contribution in [0.1, 0.15) is 67.2 Å². The predicted octanol–water partition coefficient (Wildman–Crippen LogP) is 4.40. The number of aliphatic hydroxyl groups excluding tert-OH is 1. The van der Waals surface area contributed by atoms with Gasteiger partial charge >= 0.3 is 19.7 Å². The lowest BCUT2D eigenvalue weighted by molar-refractivity contribution is -0.144. The van der Waals surface area contributed by atoms with E-state index in [1.54, 1.807) is 6.92 Å². The minimum Gasteiger partial charge on any atom is -0.465 e. The number of esters is 1. The van der Waals surface area contributed by atoms with Gasteiger partial charge in [-0.25, -0.2) is 14.4 Å². The molecule has 6 atom stereocenters. The van der Waals surface area contributed by atoms with Crippen LogP contribution in [0.3, 0.4) is 0 Å². The molecule has 0 heterocycles. The van der Waals surface area contributed by atoms with Gasteiger partial charge in [0, 0.05) is 38.8 Å². The molecule has 0 aromatic heterocycles. The molecule has 6 unspecified atom stereocenters. The summed E-state index contributed by atoms with van der Waals surface area (Å²) in [6, 6.07) is -1.43. The molecule has 0 saturated heterocycles. The van der Waals surface area contributed by atoms with E-state index in [9.17, 15) is 24.1 Å². The Balaban J connectivity index is 5.85. The molecule has 0 radical (unpaired) electrons. The van der Waals surface area contributed by atoms with E-state index in [0.29, 0.717) is 32.0 Å². The highest BCUT2D eigenvalue weighted by molar-refractivity contribution is 7.51. The Hall–Kier alpha value is -2.08. The van der Waals surface area contributed by atoms with Gasteiger partial charge in [0.05, 0.1) is 19.3 Å². The van der Waals surface area contributed by atoms with Crippen molar-refractivity contribution in [3.05, 3.63) is 24.4 Å². The zero-order valence-corrected chi connectivity index (χ0v) is 26.8. The van der Waals surface area contributed by atoms with Crippen molar-refractivity contribution in [2.75, 3.05) is 34.0 Å². The zero-order valence-electron chi connectivity index (χ0n) is 25.9. The Labute approximate surface area is 245 Å². The summed E-state index contributed by atoms with van der Waals surface area (Å²) in [6.45, 7) is 11.2. The Kier molecular flexibility index (Phi) is 20.5. The summed E-state index contributed by atoms with van der Waals surface area (Å²) >= 11 is 0. The lowest BCUT2D eigenvalue weighted by atomic mass is 9.96. The van der Waals surface area contributed by atoms with Crippen molar-refractivity contribution >= 4 is 26.0 Å². The van der Waals surface area contributed by atoms with E-state index in [-0.39, 0.29) is 37.6 Å². The third-order valence-electron chi connectivity index (χ3n) is 6.23. The Morgan fingerprint density at radius 3 is 2.34 bits per heavy atom. The van der Waals surface area contributed by atoms with E-state index in [2.05, 4.69) is 10.4 Å². The van der Waals surface area contributed by atoms with Crippen LogP contribution in [0.25, 0.3) is 0 Å². The number of allylic oxidation sites excluding steroid dienone is 2. The number of ether oxygens (including phenoxy) is 2. The van der Waals surface area contributed by atoms with Gasteiger partial charge in [0.1, 0.15) is 18.6 Å². The van der Waals surface area contributed by atoms with E-state index in [0.717, 1.165) is 0 Å². The number of amides is 2. The molecule has 0 aliphatic heterocycles. The summed E-state index contributed by atoms with van der Waals surface area (Å²) in [4.78, 5) is 36.9. The van der Waals surface area contributed by atoms with Crippen LogP contribution in [-0.2, 0) is 32.7 Å². The van der Waals surface area contributed by atoms with E-state index in [4.69, 9.17) is 18.5 Å². The van der Waals surface area contributed by atoms with Gasteiger partial charge in [-0.1, -0.05) is 32.9 Å². The van der Waals surface area contributed by atoms with E-state index in [1.807, 2.05) is 39.8 Å². The van der Waals surface area contributed by atoms with Crippen LogP contribution in [0.4, 0.5) is 4.79 Å². The van der Waals surface area contributed by atoms with Gasteiger partial charge in [-0.15, -0.1) is 0 Å². The molecule has 0 spiro atoms. The topological polar surface area (TPSA) is 153 Å². The minimum absolute atomic E-state index is 0.00522. The number of carbonyl (C=O) groups excluding carboxylic acids is 3. The fourth-order valence-corrected chi connectivity index (χ4v) is 6.04. The molecule has 0 aliphatic carbocycles. The molecule has 3 N–H and O–H groups in total. The number of urea groups is 1. The Bertz CT molecular complexity index is 869. The van der Waals surface area contributed by atoms with Crippen LogP contribution < -0.4 is 10.4 Å². The van der Waals surface area contributed by atoms with Crippen molar-refractivity contribution in [1.82, 2.24) is 15.3 Å². The molecule has 0 aliphatic rings. The summed E-state index contributed by atoms with van der Waals surface area (Å²) in [5.74, 6) is -0.737. The molecule has 0 aromatic carbocycles. The maximum atomic E-state index is 14.0. The van der Waals surface area contributed by atoms with Crippen LogP contribution in [0.2, 0.25) is 0 Å². The summed E-state index contributed by atoms with van der Waals surface area (Å²) in [5, 5.41) is 14.9. The van der Waals surface area contributed by atoms with Crippen molar-refractivity contribution < 1.29 is 42.6 Å². The van der Waals surface area contributed by atoms with Gasteiger partial charge in [0.2, 0.25) is 0 Å². The third-order valence-corrected chi connectivity index (χ3v) is 8.00. The number of aliphatic hydroxyl groups is 1. The van der Waals surface area contributed by atoms with Crippen molar-refractivity contribution in [2.45, 2.75) is 85.6 Å². The van der Waals surface area contributed by atoms with Crippen molar-refractivity contribution in [3.8, 4) is 0 Å². The number of hydrogen-bond acceptors (Lipinski definition) is 9. The predicted molar refractivity (Wildman–Crippen MR) is 158 cm³/mol. The second-order valence-corrected chi connectivity index (χ2v) is 11.8. The largest absolute Gasteiger partial charge is 0.465 e. The second kappa shape index (κ2) is 21.6. The van der Waals surface area contributed by atoms with Crippen LogP contribution in [0.5, 0.6) is 0 Å². The van der Waals surface area contributed by atoms with E-state index in [1.165, 1.54) is 38.3 Å². The SMILES string of the molecule is CC=CC(C)C(CC(C)C)OP(=O)(NC(C)C(=O)OCC)OCCCC(CCO)C(OC)N(C=CC=O)C(=O)NC. The molecule has 41 heavy (non-hydrogen) atoms. The van der Waals surface area contributed by atoms with Gasteiger partial charge in [-0.3, -0.25) is 23.5 Å². The summed E-state index contributed by atoms with van der Waals surface area (Å²) in [7, 11) is -1.11. The van der Waals surface area contributed by atoms with E-state index < -0.39 is 38.1 Å². The molecule has 13 heteroatoms. The highest BCUT2D eigenvalue weighted by atomic mass is 31.2. The number of carbonyl (C=O) groups is 3. The highest BCUT2D eigenvalue weighted by Gasteiger charge is 2.35. The summed E-state index contributed by atoms with van der Waals surface area (Å²) in [5.41, 5.74) is 0. The van der Waals surface area contributed by atoms with Gasteiger partial charge in [0.15, 0.2) is 0 Å². The average molecular weight is 606 g/mol. The standard InChI is InChI=1S/C28H52N3O9P/c1-9-13-22(5)25(20-21(3)4)40-41(36,30-23(6)27(34)38-10-2)39-19-11-14-24(15-18-33)26(37-8)31(16-12-17-32)28(35)29-7/h9,12-13,16-17,21-26,33H,10-11,14-15,18-20H2,1-8H3,(H,29,35)(H,30,36). The quantitative estimate of drug-likeness (QED) is 0.0308. The number of hydrogen-bond donors (Lipinski definition) is 3. The van der Waals surface area contributed by atoms with Crippen molar-refractivity contribution in [1.29, 1.82) is 0 Å². The van der Waals surface area contributed by atoms with Crippen LogP contribution in [0.15, 0.2) is 24.4 Å². The second-order valence-electron chi connectivity index (χ2n) is 10.1. The van der Waals surface area contributed by atoms with Crippen LogP contribution in [0, 0.1) is 17.8 Å². The van der Waals surface area contributed by atoms with Crippen LogP contribution >= 0.6 is 7.75 Å². The van der Waals surface area contributed by atoms with Gasteiger partial charge in [-0.05, 0) is 58.4 Å². The highest BCUT2D eigenvalue weighted by Crippen LogP contribution is 2.48. The molecule has 0 saturated carbocycles. The number of aldehydes is 1.